The first-order chi connectivity index (χ1) is 14.8. The maximum absolute atomic E-state index is 6.27. The van der Waals surface area contributed by atoms with Gasteiger partial charge in [0, 0.05) is 44.3 Å². The van der Waals surface area contributed by atoms with Gasteiger partial charge < -0.3 is 20.1 Å². The number of nitrogens with zero attached hydrogens (tertiary/aromatic N) is 3. The fourth-order valence-electron chi connectivity index (χ4n) is 3.89. The van der Waals surface area contributed by atoms with Crippen molar-refractivity contribution in [2.75, 3.05) is 78.8 Å². The van der Waals surface area contributed by atoms with Crippen LogP contribution in [0.2, 0.25) is 5.02 Å². The molecule has 0 bridgehead atoms. The second kappa shape index (κ2) is 15.2. The van der Waals surface area contributed by atoms with Gasteiger partial charge in [0.1, 0.15) is 0 Å². The molecular weight excluding hydrogens is 529 g/mol. The van der Waals surface area contributed by atoms with Crippen LogP contribution in [0.1, 0.15) is 24.9 Å². The van der Waals surface area contributed by atoms with Crippen molar-refractivity contribution in [2.45, 2.75) is 19.4 Å². The van der Waals surface area contributed by atoms with Gasteiger partial charge in [0.05, 0.1) is 39.0 Å². The highest BCUT2D eigenvalue weighted by Crippen LogP contribution is 2.24. The van der Waals surface area contributed by atoms with E-state index in [2.05, 4.69) is 39.5 Å². The van der Waals surface area contributed by atoms with Crippen molar-refractivity contribution in [1.29, 1.82) is 0 Å². The SMILES string of the molecule is CCNC(=NCC(c1cccc(Cl)c1)N1CCOCC1)NCCCN1CCOCC1.I. The minimum Gasteiger partial charge on any atom is -0.379 e. The molecule has 2 fully saturated rings. The van der Waals surface area contributed by atoms with Crippen molar-refractivity contribution >= 4 is 41.5 Å². The van der Waals surface area contributed by atoms with Crippen LogP contribution in [0.4, 0.5) is 0 Å². The lowest BCUT2D eigenvalue weighted by Gasteiger charge is -2.34. The number of hydrogen-bond acceptors (Lipinski definition) is 5. The van der Waals surface area contributed by atoms with Crippen LogP contribution in [0.25, 0.3) is 0 Å². The predicted molar refractivity (Wildman–Crippen MR) is 138 cm³/mol. The molecular formula is C22H37ClIN5O2. The fourth-order valence-corrected chi connectivity index (χ4v) is 4.09. The Morgan fingerprint density at radius 3 is 2.48 bits per heavy atom. The van der Waals surface area contributed by atoms with E-state index in [1.807, 2.05) is 12.1 Å². The lowest BCUT2D eigenvalue weighted by molar-refractivity contribution is 0.0179. The highest BCUT2D eigenvalue weighted by molar-refractivity contribution is 14.0. The van der Waals surface area contributed by atoms with E-state index in [-0.39, 0.29) is 30.0 Å². The van der Waals surface area contributed by atoms with E-state index in [9.17, 15) is 0 Å². The van der Waals surface area contributed by atoms with Crippen LogP contribution >= 0.6 is 35.6 Å². The minimum atomic E-state index is 0. The van der Waals surface area contributed by atoms with E-state index in [1.165, 1.54) is 5.56 Å². The Morgan fingerprint density at radius 2 is 1.81 bits per heavy atom. The normalized spacial score (nSPS) is 19.5. The van der Waals surface area contributed by atoms with Gasteiger partial charge in [-0.15, -0.1) is 24.0 Å². The number of aliphatic imine (C=N–C) groups is 1. The molecule has 7 nitrogen and oxygen atoms in total. The Kier molecular flexibility index (Phi) is 13.1. The van der Waals surface area contributed by atoms with E-state index < -0.39 is 0 Å². The lowest BCUT2D eigenvalue weighted by atomic mass is 10.0. The number of guanidine groups is 1. The Labute approximate surface area is 208 Å². The summed E-state index contributed by atoms with van der Waals surface area (Å²) in [5, 5.41) is 7.64. The third-order valence-corrected chi connectivity index (χ3v) is 5.77. The molecule has 1 atom stereocenters. The number of morpholine rings is 2. The smallest absolute Gasteiger partial charge is 0.191 e. The van der Waals surface area contributed by atoms with Gasteiger partial charge in [-0.2, -0.15) is 0 Å². The zero-order valence-corrected chi connectivity index (χ0v) is 21.6. The van der Waals surface area contributed by atoms with Gasteiger partial charge in [-0.3, -0.25) is 14.8 Å². The molecule has 0 aliphatic carbocycles. The molecule has 1 unspecified atom stereocenters. The molecule has 0 spiro atoms. The second-order valence-corrected chi connectivity index (χ2v) is 8.11. The zero-order chi connectivity index (χ0) is 21.0. The number of halogens is 2. The number of benzene rings is 1. The molecule has 0 amide bonds. The van der Waals surface area contributed by atoms with Crippen molar-refractivity contribution in [3.63, 3.8) is 0 Å². The summed E-state index contributed by atoms with van der Waals surface area (Å²) >= 11 is 6.27. The minimum absolute atomic E-state index is 0. The average Bonchev–Trinajstić information content (AvgIpc) is 2.78. The molecule has 0 aromatic heterocycles. The third kappa shape index (κ3) is 9.39. The monoisotopic (exact) mass is 565 g/mol. The Balaban J connectivity index is 0.00000341. The maximum atomic E-state index is 6.27. The maximum Gasteiger partial charge on any atom is 0.191 e. The standard InChI is InChI=1S/C22H36ClN5O2.HI/c1-2-24-22(25-7-4-8-27-9-13-29-14-10-27)26-18-21(28-11-15-30-16-12-28)19-5-3-6-20(23)17-19;/h3,5-6,17,21H,2,4,7-16,18H2,1H3,(H2,24,25,26);1H. The highest BCUT2D eigenvalue weighted by Gasteiger charge is 2.23. The predicted octanol–water partition coefficient (Wildman–Crippen LogP) is 2.61. The van der Waals surface area contributed by atoms with Crippen LogP contribution in [0.15, 0.2) is 29.3 Å². The van der Waals surface area contributed by atoms with Crippen LogP contribution in [-0.2, 0) is 9.47 Å². The topological polar surface area (TPSA) is 61.4 Å². The van der Waals surface area contributed by atoms with E-state index in [1.54, 1.807) is 0 Å². The first-order valence-electron chi connectivity index (χ1n) is 11.2. The molecule has 0 radical (unpaired) electrons. The number of rotatable bonds is 9. The number of nitrogens with one attached hydrogen (secondary N) is 2. The third-order valence-electron chi connectivity index (χ3n) is 5.53. The van der Waals surface area contributed by atoms with Crippen molar-refractivity contribution in [3.05, 3.63) is 34.9 Å². The van der Waals surface area contributed by atoms with Crippen LogP contribution in [0, 0.1) is 0 Å². The average molecular weight is 566 g/mol. The summed E-state index contributed by atoms with van der Waals surface area (Å²) in [6.45, 7) is 12.7. The van der Waals surface area contributed by atoms with Crippen molar-refractivity contribution in [2.24, 2.45) is 4.99 Å². The number of ether oxygens (including phenoxy) is 2. The first-order valence-corrected chi connectivity index (χ1v) is 11.5. The number of hydrogen-bond donors (Lipinski definition) is 2. The van der Waals surface area contributed by atoms with Crippen LogP contribution in [-0.4, -0.2) is 94.5 Å². The highest BCUT2D eigenvalue weighted by atomic mass is 127. The van der Waals surface area contributed by atoms with E-state index in [0.717, 1.165) is 89.6 Å². The molecule has 31 heavy (non-hydrogen) atoms. The molecule has 2 N–H and O–H groups in total. The quantitative estimate of drug-likeness (QED) is 0.208. The first kappa shape index (κ1) is 26.6. The van der Waals surface area contributed by atoms with E-state index >= 15 is 0 Å². The van der Waals surface area contributed by atoms with Crippen molar-refractivity contribution < 1.29 is 9.47 Å². The molecule has 1 aromatic carbocycles. The van der Waals surface area contributed by atoms with Gasteiger partial charge in [0.15, 0.2) is 5.96 Å². The van der Waals surface area contributed by atoms with Crippen LogP contribution in [0.3, 0.4) is 0 Å². The summed E-state index contributed by atoms with van der Waals surface area (Å²) in [7, 11) is 0. The Bertz CT molecular complexity index is 655. The molecule has 2 aliphatic rings. The summed E-state index contributed by atoms with van der Waals surface area (Å²) in [6, 6.07) is 8.33. The van der Waals surface area contributed by atoms with Gasteiger partial charge >= 0.3 is 0 Å². The summed E-state index contributed by atoms with van der Waals surface area (Å²) in [4.78, 5) is 9.82. The fraction of sp³-hybridized carbons (Fsp3) is 0.682. The Morgan fingerprint density at radius 1 is 1.10 bits per heavy atom. The van der Waals surface area contributed by atoms with Gasteiger partial charge in [0.2, 0.25) is 0 Å². The van der Waals surface area contributed by atoms with Gasteiger partial charge in [-0.05, 0) is 37.6 Å². The molecule has 9 heteroatoms. The Hall–Kier alpha value is -0.650. The molecule has 1 aromatic rings. The summed E-state index contributed by atoms with van der Waals surface area (Å²) in [6.07, 6.45) is 1.09. The van der Waals surface area contributed by atoms with Crippen LogP contribution < -0.4 is 10.6 Å². The van der Waals surface area contributed by atoms with E-state index in [4.69, 9.17) is 26.1 Å². The molecule has 0 saturated carbocycles. The molecule has 176 valence electrons. The van der Waals surface area contributed by atoms with Gasteiger partial charge in [0.25, 0.3) is 0 Å². The van der Waals surface area contributed by atoms with E-state index in [0.29, 0.717) is 6.54 Å². The lowest BCUT2D eigenvalue weighted by Crippen LogP contribution is -2.42. The zero-order valence-electron chi connectivity index (χ0n) is 18.5. The molecule has 2 saturated heterocycles. The summed E-state index contributed by atoms with van der Waals surface area (Å²) in [5.41, 5.74) is 1.20. The molecule has 2 aliphatic heterocycles. The molecule has 2 heterocycles. The van der Waals surface area contributed by atoms with Gasteiger partial charge in [-0.25, -0.2) is 0 Å². The van der Waals surface area contributed by atoms with Crippen molar-refractivity contribution in [1.82, 2.24) is 20.4 Å². The van der Waals surface area contributed by atoms with Crippen LogP contribution in [0.5, 0.6) is 0 Å². The summed E-state index contributed by atoms with van der Waals surface area (Å²) < 4.78 is 11.0. The van der Waals surface area contributed by atoms with Crippen molar-refractivity contribution in [3.8, 4) is 0 Å². The second-order valence-electron chi connectivity index (χ2n) is 7.67. The summed E-state index contributed by atoms with van der Waals surface area (Å²) in [5.74, 6) is 0.875. The van der Waals surface area contributed by atoms with Gasteiger partial charge in [-0.1, -0.05) is 23.7 Å². The molecule has 3 rings (SSSR count). The largest absolute Gasteiger partial charge is 0.379 e.